The molecule has 0 atom stereocenters. The number of terminal acetylenes is 1. The molecule has 2 aromatic heterocycles. The standard InChI is InChI=1S/C25H20FN3O2/c1-2-17-15-29(25(30)27-21(17)14-16-8-9-16)23-22(18-6-4-3-5-7-18)31-24(28-23)19-10-12-20(26)13-11-19/h1,3-4,6,10-13,15-16H,5,7-9,14H2. The van der Waals surface area contributed by atoms with Crippen LogP contribution in [0.3, 0.4) is 0 Å². The van der Waals surface area contributed by atoms with Gasteiger partial charge in [0.05, 0.1) is 11.3 Å². The third-order valence-electron chi connectivity index (χ3n) is 5.57. The van der Waals surface area contributed by atoms with Crippen LogP contribution >= 0.6 is 0 Å². The number of oxazole rings is 1. The van der Waals surface area contributed by atoms with E-state index in [9.17, 15) is 9.18 Å². The Bertz CT molecular complexity index is 1300. The number of halogens is 1. The van der Waals surface area contributed by atoms with Crippen LogP contribution in [0.25, 0.3) is 22.8 Å². The summed E-state index contributed by atoms with van der Waals surface area (Å²) < 4.78 is 20.8. The first-order valence-corrected chi connectivity index (χ1v) is 10.3. The molecule has 6 heteroatoms. The van der Waals surface area contributed by atoms with Gasteiger partial charge < -0.3 is 4.42 Å². The summed E-state index contributed by atoms with van der Waals surface area (Å²) in [6.45, 7) is 0. The summed E-state index contributed by atoms with van der Waals surface area (Å²) in [5, 5.41) is 0. The molecule has 31 heavy (non-hydrogen) atoms. The van der Waals surface area contributed by atoms with Crippen molar-refractivity contribution >= 4 is 5.57 Å². The smallest absolute Gasteiger partial charge is 0.353 e. The average Bonchev–Trinajstić information content (AvgIpc) is 3.50. The first-order chi connectivity index (χ1) is 15.1. The van der Waals surface area contributed by atoms with E-state index in [4.69, 9.17) is 10.8 Å². The van der Waals surface area contributed by atoms with Crippen molar-refractivity contribution in [2.24, 2.45) is 5.92 Å². The number of allylic oxidation sites excluding steroid dienone is 4. The van der Waals surface area contributed by atoms with Crippen molar-refractivity contribution in [1.29, 1.82) is 0 Å². The van der Waals surface area contributed by atoms with Crippen LogP contribution in [0.4, 0.5) is 4.39 Å². The maximum atomic E-state index is 13.4. The van der Waals surface area contributed by atoms with Crippen molar-refractivity contribution in [2.75, 3.05) is 0 Å². The Labute approximate surface area is 179 Å². The zero-order valence-corrected chi connectivity index (χ0v) is 16.8. The van der Waals surface area contributed by atoms with Gasteiger partial charge in [0, 0.05) is 11.8 Å². The van der Waals surface area contributed by atoms with Gasteiger partial charge >= 0.3 is 5.69 Å². The lowest BCUT2D eigenvalue weighted by molar-refractivity contribution is 0.555. The molecule has 1 saturated carbocycles. The zero-order chi connectivity index (χ0) is 21.4. The summed E-state index contributed by atoms with van der Waals surface area (Å²) in [5.74, 6) is 4.01. The molecule has 1 aromatic carbocycles. The van der Waals surface area contributed by atoms with E-state index in [-0.39, 0.29) is 5.82 Å². The number of rotatable bonds is 5. The molecule has 0 radical (unpaired) electrons. The molecule has 0 aliphatic heterocycles. The fourth-order valence-corrected chi connectivity index (χ4v) is 3.70. The van der Waals surface area contributed by atoms with E-state index in [1.165, 1.54) is 16.7 Å². The van der Waals surface area contributed by atoms with Crippen LogP contribution in [-0.4, -0.2) is 14.5 Å². The molecule has 1 fully saturated rings. The molecule has 2 aliphatic rings. The molecule has 2 aliphatic carbocycles. The average molecular weight is 413 g/mol. The van der Waals surface area contributed by atoms with E-state index in [0.717, 1.165) is 37.7 Å². The molecule has 0 bridgehead atoms. The van der Waals surface area contributed by atoms with Crippen LogP contribution in [0.5, 0.6) is 0 Å². The van der Waals surface area contributed by atoms with Gasteiger partial charge in [0.1, 0.15) is 5.82 Å². The van der Waals surface area contributed by atoms with E-state index in [2.05, 4.69) is 22.0 Å². The van der Waals surface area contributed by atoms with Crippen LogP contribution in [0.1, 0.15) is 42.7 Å². The largest absolute Gasteiger partial charge is 0.434 e. The number of benzene rings is 1. The Balaban J connectivity index is 1.66. The molecule has 0 unspecified atom stereocenters. The van der Waals surface area contributed by atoms with Gasteiger partial charge in [0.2, 0.25) is 5.89 Å². The Morgan fingerprint density at radius 1 is 1.23 bits per heavy atom. The third kappa shape index (κ3) is 3.87. The second-order valence-electron chi connectivity index (χ2n) is 7.88. The van der Waals surface area contributed by atoms with Crippen molar-refractivity contribution in [1.82, 2.24) is 14.5 Å². The highest BCUT2D eigenvalue weighted by molar-refractivity contribution is 5.71. The first-order valence-electron chi connectivity index (χ1n) is 10.3. The van der Waals surface area contributed by atoms with Gasteiger partial charge in [0.15, 0.2) is 11.6 Å². The summed E-state index contributed by atoms with van der Waals surface area (Å²) in [7, 11) is 0. The highest BCUT2D eigenvalue weighted by atomic mass is 19.1. The summed E-state index contributed by atoms with van der Waals surface area (Å²) in [6.07, 6.45) is 18.0. The number of hydrogen-bond acceptors (Lipinski definition) is 4. The minimum Gasteiger partial charge on any atom is -0.434 e. The molecule has 154 valence electrons. The van der Waals surface area contributed by atoms with Crippen LogP contribution in [0, 0.1) is 24.1 Å². The van der Waals surface area contributed by atoms with E-state index < -0.39 is 5.69 Å². The van der Waals surface area contributed by atoms with E-state index in [1.54, 1.807) is 18.3 Å². The number of nitrogens with zero attached hydrogens (tertiary/aromatic N) is 3. The van der Waals surface area contributed by atoms with Crippen molar-refractivity contribution in [3.63, 3.8) is 0 Å². The Morgan fingerprint density at radius 2 is 2.03 bits per heavy atom. The lowest BCUT2D eigenvalue weighted by Gasteiger charge is -2.10. The molecule has 0 N–H and O–H groups in total. The fraction of sp³-hybridized carbons (Fsp3) is 0.240. The van der Waals surface area contributed by atoms with Crippen LogP contribution in [-0.2, 0) is 6.42 Å². The quantitative estimate of drug-likeness (QED) is 0.569. The number of hydrogen-bond donors (Lipinski definition) is 0. The summed E-state index contributed by atoms with van der Waals surface area (Å²) in [5.41, 5.74) is 2.34. The lowest BCUT2D eigenvalue weighted by atomic mass is 10.0. The Kier molecular flexibility index (Phi) is 4.87. The SMILES string of the molecule is C#Cc1cn(-c2nc(-c3ccc(F)cc3)oc2C2=CC=CCC2)c(=O)nc1CC1CC1. The van der Waals surface area contributed by atoms with Gasteiger partial charge in [-0.2, -0.15) is 9.97 Å². The van der Waals surface area contributed by atoms with Crippen molar-refractivity contribution < 1.29 is 8.81 Å². The molecular weight excluding hydrogens is 393 g/mol. The van der Waals surface area contributed by atoms with Gasteiger partial charge in [-0.05, 0) is 67.9 Å². The Hall–Kier alpha value is -3.72. The zero-order valence-electron chi connectivity index (χ0n) is 16.8. The number of aromatic nitrogens is 3. The topological polar surface area (TPSA) is 60.9 Å². The van der Waals surface area contributed by atoms with Gasteiger partial charge in [-0.25, -0.2) is 13.8 Å². The first kappa shape index (κ1) is 19.3. The van der Waals surface area contributed by atoms with Gasteiger partial charge in [-0.15, -0.1) is 6.42 Å². The predicted octanol–water partition coefficient (Wildman–Crippen LogP) is 4.69. The molecule has 2 heterocycles. The van der Waals surface area contributed by atoms with Crippen molar-refractivity contribution in [2.45, 2.75) is 32.1 Å². The summed E-state index contributed by atoms with van der Waals surface area (Å²) in [6, 6.07) is 5.88. The van der Waals surface area contributed by atoms with Crippen molar-refractivity contribution in [3.05, 3.63) is 82.0 Å². The molecule has 0 saturated heterocycles. The summed E-state index contributed by atoms with van der Waals surface area (Å²) >= 11 is 0. The van der Waals surface area contributed by atoms with Gasteiger partial charge in [-0.1, -0.05) is 24.1 Å². The Morgan fingerprint density at radius 3 is 2.71 bits per heavy atom. The maximum absolute atomic E-state index is 13.4. The normalized spacial score (nSPS) is 15.5. The monoisotopic (exact) mass is 413 g/mol. The second kappa shape index (κ2) is 7.84. The molecule has 0 spiro atoms. The van der Waals surface area contributed by atoms with E-state index in [1.807, 2.05) is 12.2 Å². The predicted molar refractivity (Wildman–Crippen MR) is 116 cm³/mol. The van der Waals surface area contributed by atoms with Crippen LogP contribution in [0.15, 0.2) is 57.9 Å². The second-order valence-corrected chi connectivity index (χ2v) is 7.88. The van der Waals surface area contributed by atoms with Crippen LogP contribution < -0.4 is 5.69 Å². The highest BCUT2D eigenvalue weighted by Crippen LogP contribution is 2.34. The fourth-order valence-electron chi connectivity index (χ4n) is 3.70. The van der Waals surface area contributed by atoms with E-state index >= 15 is 0 Å². The van der Waals surface area contributed by atoms with Crippen LogP contribution in [0.2, 0.25) is 0 Å². The van der Waals surface area contributed by atoms with Crippen molar-refractivity contribution in [3.8, 4) is 29.6 Å². The van der Waals surface area contributed by atoms with Gasteiger partial charge in [0.25, 0.3) is 0 Å². The molecule has 5 rings (SSSR count). The maximum Gasteiger partial charge on any atom is 0.353 e. The lowest BCUT2D eigenvalue weighted by Crippen LogP contribution is -2.25. The highest BCUT2D eigenvalue weighted by Gasteiger charge is 2.26. The molecule has 5 nitrogen and oxygen atoms in total. The summed E-state index contributed by atoms with van der Waals surface area (Å²) in [4.78, 5) is 21.8. The van der Waals surface area contributed by atoms with E-state index in [0.29, 0.717) is 40.2 Å². The third-order valence-corrected chi connectivity index (χ3v) is 5.57. The molecule has 3 aromatic rings. The molecule has 0 amide bonds. The van der Waals surface area contributed by atoms with Gasteiger partial charge in [-0.3, -0.25) is 0 Å². The minimum atomic E-state index is -0.443. The molecular formula is C25H20FN3O2. The minimum absolute atomic E-state index is 0.302.